The van der Waals surface area contributed by atoms with Gasteiger partial charge in [0.05, 0.1) is 25.2 Å². The van der Waals surface area contributed by atoms with Crippen molar-refractivity contribution in [3.63, 3.8) is 0 Å². The first kappa shape index (κ1) is 50.5. The van der Waals surface area contributed by atoms with Crippen molar-refractivity contribution in [2.45, 2.75) is 174 Å². The number of allylic oxidation sites excluding steroid dienone is 17. The van der Waals surface area contributed by atoms with Crippen LogP contribution in [0.5, 0.6) is 0 Å². The normalized spacial score (nSPS) is 14.5. The monoisotopic (exact) mass is 748 g/mol. The summed E-state index contributed by atoms with van der Waals surface area (Å²) in [7, 11) is 0. The van der Waals surface area contributed by atoms with Crippen molar-refractivity contribution in [2.24, 2.45) is 0 Å². The van der Waals surface area contributed by atoms with Gasteiger partial charge < -0.3 is 20.3 Å². The van der Waals surface area contributed by atoms with Crippen LogP contribution in [0.1, 0.15) is 156 Å². The minimum Gasteiger partial charge on any atom is -0.461 e. The van der Waals surface area contributed by atoms with E-state index >= 15 is 0 Å². The smallest absolute Gasteiger partial charge is 0.306 e. The van der Waals surface area contributed by atoms with Gasteiger partial charge in [0.2, 0.25) is 5.91 Å². The Balaban J connectivity index is 4.82. The summed E-state index contributed by atoms with van der Waals surface area (Å²) in [6, 6.07) is -0.748. The fourth-order valence-corrected chi connectivity index (χ4v) is 5.64. The summed E-state index contributed by atoms with van der Waals surface area (Å²) in [4.78, 5) is 25.8. The summed E-state index contributed by atoms with van der Waals surface area (Å²) >= 11 is 0. The molecule has 0 aromatic carbocycles. The topological polar surface area (TPSA) is 95.9 Å². The second kappa shape index (κ2) is 40.7. The molecule has 0 aromatic heterocycles. The molecule has 3 atom stereocenters. The molecule has 0 aliphatic carbocycles. The van der Waals surface area contributed by atoms with E-state index in [1.165, 1.54) is 38.5 Å². The lowest BCUT2D eigenvalue weighted by molar-refractivity contribution is -0.150. The molecule has 6 heteroatoms. The first-order valence-corrected chi connectivity index (χ1v) is 21.2. The fraction of sp³-hybridized carbons (Fsp3) is 0.583. The molecule has 0 aromatic rings. The number of nitrogens with one attached hydrogen (secondary N) is 1. The SMILES string of the molecule is CC/C=C/C=C/C=C\C=C/C=C/CC(CC(=O)NC(CO)C(O)CCCCCCCCCCC)OC(=O)CCCCCCC\C=C/C=C/C=C/C=C/CC. The number of aliphatic hydroxyl groups is 2. The molecule has 1 amide bonds. The Morgan fingerprint density at radius 3 is 1.57 bits per heavy atom. The molecule has 0 saturated carbocycles. The van der Waals surface area contributed by atoms with Crippen molar-refractivity contribution in [3.8, 4) is 0 Å². The Kier molecular flexibility index (Phi) is 38.1. The standard InChI is InChI=1S/C48H77NO5/c1-4-7-10-13-16-19-21-22-23-24-26-29-32-35-38-41-48(53)54-44(39-36-33-30-28-25-20-17-14-11-8-5-2)42-47(52)49-45(43-50)46(51)40-37-34-31-27-18-15-12-9-6-3/h7-8,10-11,13-14,16-17,19-23,25,28,30,33,36,44-46,50-51H,4-6,9,12,15,18,24,26-27,29,31-32,34-35,37-43H2,1-3H3,(H,49,52)/b10-7+,11-8+,16-13+,17-14+,21-19+,23-22-,25-20-,30-28-,36-33+. The Hall–Kier alpha value is -3.48. The van der Waals surface area contributed by atoms with Gasteiger partial charge in [-0.05, 0) is 38.5 Å². The number of carbonyl (C=O) groups is 2. The molecular weight excluding hydrogens is 671 g/mol. The van der Waals surface area contributed by atoms with E-state index in [1.807, 2.05) is 79.0 Å². The number of hydrogen-bond donors (Lipinski definition) is 3. The minimum atomic E-state index is -0.826. The van der Waals surface area contributed by atoms with E-state index in [1.54, 1.807) is 0 Å². The molecule has 0 aliphatic heterocycles. The maximum atomic E-state index is 13.0. The van der Waals surface area contributed by atoms with E-state index < -0.39 is 18.2 Å². The molecule has 0 bridgehead atoms. The summed E-state index contributed by atoms with van der Waals surface area (Å²) in [6.07, 6.45) is 54.6. The maximum absolute atomic E-state index is 13.0. The number of carbonyl (C=O) groups excluding carboxylic acids is 2. The zero-order valence-corrected chi connectivity index (χ0v) is 34.3. The number of amides is 1. The highest BCUT2D eigenvalue weighted by Gasteiger charge is 2.23. The molecular formula is C48H77NO5. The summed E-state index contributed by atoms with van der Waals surface area (Å²) in [5.74, 6) is -0.652. The number of ether oxygens (including phenoxy) is 1. The summed E-state index contributed by atoms with van der Waals surface area (Å²) in [6.45, 7) is 6.09. The number of esters is 1. The van der Waals surface area contributed by atoms with Crippen LogP contribution in [0.3, 0.4) is 0 Å². The van der Waals surface area contributed by atoms with E-state index in [9.17, 15) is 19.8 Å². The molecule has 304 valence electrons. The predicted molar refractivity (Wildman–Crippen MR) is 231 cm³/mol. The maximum Gasteiger partial charge on any atom is 0.306 e. The van der Waals surface area contributed by atoms with Crippen LogP contribution in [-0.4, -0.2) is 46.9 Å². The highest BCUT2D eigenvalue weighted by molar-refractivity contribution is 5.77. The number of rotatable bonds is 35. The minimum absolute atomic E-state index is 0.0358. The van der Waals surface area contributed by atoms with Gasteiger partial charge in [-0.2, -0.15) is 0 Å². The Bertz CT molecular complexity index is 1160. The van der Waals surface area contributed by atoms with E-state index in [-0.39, 0.29) is 24.9 Å². The lowest BCUT2D eigenvalue weighted by Crippen LogP contribution is -2.46. The Morgan fingerprint density at radius 1 is 0.574 bits per heavy atom. The van der Waals surface area contributed by atoms with Crippen LogP contribution < -0.4 is 5.32 Å². The zero-order valence-electron chi connectivity index (χ0n) is 34.3. The van der Waals surface area contributed by atoms with Crippen LogP contribution in [0.4, 0.5) is 0 Å². The molecule has 54 heavy (non-hydrogen) atoms. The predicted octanol–water partition coefficient (Wildman–Crippen LogP) is 12.0. The van der Waals surface area contributed by atoms with Crippen molar-refractivity contribution in [1.82, 2.24) is 5.32 Å². The lowest BCUT2D eigenvalue weighted by atomic mass is 10.0. The molecule has 0 saturated heterocycles. The van der Waals surface area contributed by atoms with Crippen LogP contribution in [0.2, 0.25) is 0 Å². The van der Waals surface area contributed by atoms with Gasteiger partial charge in [0.15, 0.2) is 0 Å². The highest BCUT2D eigenvalue weighted by Crippen LogP contribution is 2.15. The molecule has 0 spiro atoms. The van der Waals surface area contributed by atoms with Gasteiger partial charge in [-0.3, -0.25) is 9.59 Å². The van der Waals surface area contributed by atoms with Crippen LogP contribution in [0.25, 0.3) is 0 Å². The van der Waals surface area contributed by atoms with Crippen molar-refractivity contribution in [2.75, 3.05) is 6.61 Å². The van der Waals surface area contributed by atoms with Crippen molar-refractivity contribution in [1.29, 1.82) is 0 Å². The van der Waals surface area contributed by atoms with Gasteiger partial charge in [-0.15, -0.1) is 0 Å². The molecule has 0 heterocycles. The molecule has 0 radical (unpaired) electrons. The first-order valence-electron chi connectivity index (χ1n) is 21.2. The average Bonchev–Trinajstić information content (AvgIpc) is 3.16. The fourth-order valence-electron chi connectivity index (χ4n) is 5.64. The first-order chi connectivity index (χ1) is 26.5. The quantitative estimate of drug-likeness (QED) is 0.0341. The average molecular weight is 748 g/mol. The second-order valence-electron chi connectivity index (χ2n) is 13.9. The molecule has 3 N–H and O–H groups in total. The van der Waals surface area contributed by atoms with Crippen LogP contribution in [0, 0.1) is 0 Å². The van der Waals surface area contributed by atoms with Gasteiger partial charge >= 0.3 is 5.97 Å². The van der Waals surface area contributed by atoms with Crippen LogP contribution in [0.15, 0.2) is 109 Å². The van der Waals surface area contributed by atoms with Crippen LogP contribution in [-0.2, 0) is 14.3 Å². The third-order valence-corrected chi connectivity index (χ3v) is 8.82. The second-order valence-corrected chi connectivity index (χ2v) is 13.9. The van der Waals surface area contributed by atoms with E-state index in [4.69, 9.17) is 4.74 Å². The Labute approximate surface area is 330 Å². The van der Waals surface area contributed by atoms with Gasteiger partial charge in [0.1, 0.15) is 6.10 Å². The third kappa shape index (κ3) is 35.5. The van der Waals surface area contributed by atoms with E-state index in [0.29, 0.717) is 19.3 Å². The molecule has 0 rings (SSSR count). The number of unbranched alkanes of at least 4 members (excludes halogenated alkanes) is 13. The number of aliphatic hydroxyl groups excluding tert-OH is 2. The number of hydrogen-bond acceptors (Lipinski definition) is 5. The highest BCUT2D eigenvalue weighted by atomic mass is 16.5. The van der Waals surface area contributed by atoms with E-state index in [0.717, 1.165) is 70.6 Å². The largest absolute Gasteiger partial charge is 0.461 e. The lowest BCUT2D eigenvalue weighted by Gasteiger charge is -2.24. The summed E-state index contributed by atoms with van der Waals surface area (Å²) < 4.78 is 5.79. The van der Waals surface area contributed by atoms with Crippen molar-refractivity contribution in [3.05, 3.63) is 109 Å². The molecule has 6 nitrogen and oxygen atoms in total. The van der Waals surface area contributed by atoms with Crippen molar-refractivity contribution >= 4 is 11.9 Å². The zero-order chi connectivity index (χ0) is 39.6. The van der Waals surface area contributed by atoms with Gasteiger partial charge in [-0.1, -0.05) is 207 Å². The molecule has 0 aliphatic rings. The third-order valence-electron chi connectivity index (χ3n) is 8.82. The molecule has 3 unspecified atom stereocenters. The Morgan fingerprint density at radius 2 is 1.04 bits per heavy atom. The van der Waals surface area contributed by atoms with Gasteiger partial charge in [-0.25, -0.2) is 0 Å². The van der Waals surface area contributed by atoms with Crippen molar-refractivity contribution < 1.29 is 24.5 Å². The summed E-state index contributed by atoms with van der Waals surface area (Å²) in [5.41, 5.74) is 0. The van der Waals surface area contributed by atoms with Gasteiger partial charge in [0, 0.05) is 12.8 Å². The van der Waals surface area contributed by atoms with Crippen LogP contribution >= 0.6 is 0 Å². The molecule has 0 fully saturated rings. The van der Waals surface area contributed by atoms with Gasteiger partial charge in [0.25, 0.3) is 0 Å². The van der Waals surface area contributed by atoms with E-state index in [2.05, 4.69) is 56.5 Å². The summed E-state index contributed by atoms with van der Waals surface area (Å²) in [5, 5.41) is 23.5.